The van der Waals surface area contributed by atoms with Crippen LogP contribution in [0, 0.1) is 11.8 Å². The van der Waals surface area contributed by atoms with Gasteiger partial charge in [0, 0.05) is 17.5 Å². The number of hydrogen-bond donors (Lipinski definition) is 2. The summed E-state index contributed by atoms with van der Waals surface area (Å²) < 4.78 is 37.9. The van der Waals surface area contributed by atoms with E-state index in [1.54, 1.807) is 0 Å². The SMILES string of the molecule is C[C@H]1C[C@H](C)C[NH+](CC(=O)Nc2cccc(C(F)(F)F)c2)C1. The Morgan fingerprint density at radius 3 is 2.50 bits per heavy atom. The van der Waals surface area contributed by atoms with Crippen molar-refractivity contribution in [3.05, 3.63) is 29.8 Å². The Morgan fingerprint density at radius 2 is 1.91 bits per heavy atom. The second kappa shape index (κ2) is 6.69. The maximum absolute atomic E-state index is 12.6. The number of benzene rings is 1. The second-order valence-electron chi connectivity index (χ2n) is 6.41. The van der Waals surface area contributed by atoms with Crippen LogP contribution >= 0.6 is 0 Å². The van der Waals surface area contributed by atoms with Gasteiger partial charge < -0.3 is 10.2 Å². The van der Waals surface area contributed by atoms with Crippen molar-refractivity contribution in [3.8, 4) is 0 Å². The number of halogens is 3. The molecule has 1 fully saturated rings. The molecular formula is C16H22F3N2O+. The quantitative estimate of drug-likeness (QED) is 0.881. The molecule has 0 spiro atoms. The highest BCUT2D eigenvalue weighted by molar-refractivity contribution is 5.91. The highest BCUT2D eigenvalue weighted by atomic mass is 19.4. The molecule has 1 saturated heterocycles. The highest BCUT2D eigenvalue weighted by Gasteiger charge is 2.31. The van der Waals surface area contributed by atoms with Crippen molar-refractivity contribution in [2.24, 2.45) is 11.8 Å². The summed E-state index contributed by atoms with van der Waals surface area (Å²) in [6, 6.07) is 4.74. The molecule has 3 nitrogen and oxygen atoms in total. The van der Waals surface area contributed by atoms with Crippen molar-refractivity contribution >= 4 is 11.6 Å². The summed E-state index contributed by atoms with van der Waals surface area (Å²) in [7, 11) is 0. The molecule has 0 bridgehead atoms. The minimum atomic E-state index is -4.40. The summed E-state index contributed by atoms with van der Waals surface area (Å²) in [5.41, 5.74) is -0.560. The van der Waals surface area contributed by atoms with Crippen LogP contribution in [0.1, 0.15) is 25.8 Å². The molecule has 0 aromatic heterocycles. The Balaban J connectivity index is 1.95. The van der Waals surface area contributed by atoms with Gasteiger partial charge in [0.15, 0.2) is 6.54 Å². The first-order valence-electron chi connectivity index (χ1n) is 7.54. The van der Waals surface area contributed by atoms with Crippen molar-refractivity contribution in [1.82, 2.24) is 0 Å². The zero-order chi connectivity index (χ0) is 16.3. The van der Waals surface area contributed by atoms with E-state index < -0.39 is 11.7 Å². The van der Waals surface area contributed by atoms with E-state index in [1.807, 2.05) is 0 Å². The predicted molar refractivity (Wildman–Crippen MR) is 78.6 cm³/mol. The first kappa shape index (κ1) is 16.8. The van der Waals surface area contributed by atoms with E-state index >= 15 is 0 Å². The van der Waals surface area contributed by atoms with Crippen LogP contribution in [0.2, 0.25) is 0 Å². The van der Waals surface area contributed by atoms with Gasteiger partial charge in [0.05, 0.1) is 18.7 Å². The average molecular weight is 315 g/mol. The fourth-order valence-corrected chi connectivity index (χ4v) is 3.27. The first-order valence-corrected chi connectivity index (χ1v) is 7.54. The molecule has 22 heavy (non-hydrogen) atoms. The first-order chi connectivity index (χ1) is 10.2. The lowest BCUT2D eigenvalue weighted by Crippen LogP contribution is -3.15. The summed E-state index contributed by atoms with van der Waals surface area (Å²) >= 11 is 0. The van der Waals surface area contributed by atoms with Gasteiger partial charge in [-0.05, 0) is 24.6 Å². The predicted octanol–water partition coefficient (Wildman–Crippen LogP) is 2.20. The van der Waals surface area contributed by atoms with Gasteiger partial charge in [-0.15, -0.1) is 0 Å². The number of carbonyl (C=O) groups excluding carboxylic acids is 1. The van der Waals surface area contributed by atoms with Crippen LogP contribution < -0.4 is 10.2 Å². The average Bonchev–Trinajstić information content (AvgIpc) is 2.36. The lowest BCUT2D eigenvalue weighted by Gasteiger charge is -2.31. The lowest BCUT2D eigenvalue weighted by molar-refractivity contribution is -0.904. The zero-order valence-corrected chi connectivity index (χ0v) is 12.8. The van der Waals surface area contributed by atoms with Gasteiger partial charge in [-0.3, -0.25) is 4.79 Å². The molecule has 0 saturated carbocycles. The van der Waals surface area contributed by atoms with E-state index in [-0.39, 0.29) is 11.6 Å². The number of piperidine rings is 1. The molecule has 1 aromatic carbocycles. The van der Waals surface area contributed by atoms with E-state index in [2.05, 4.69) is 19.2 Å². The molecule has 2 N–H and O–H groups in total. The molecule has 1 aliphatic heterocycles. The van der Waals surface area contributed by atoms with Crippen molar-refractivity contribution in [2.75, 3.05) is 25.0 Å². The van der Waals surface area contributed by atoms with E-state index in [9.17, 15) is 18.0 Å². The fourth-order valence-electron chi connectivity index (χ4n) is 3.27. The number of rotatable bonds is 3. The Bertz CT molecular complexity index is 520. The third-order valence-electron chi connectivity index (χ3n) is 3.96. The topological polar surface area (TPSA) is 33.5 Å². The fraction of sp³-hybridized carbons (Fsp3) is 0.562. The van der Waals surface area contributed by atoms with Gasteiger partial charge in [-0.1, -0.05) is 19.9 Å². The molecule has 0 radical (unpaired) electrons. The number of hydrogen-bond acceptors (Lipinski definition) is 1. The number of carbonyl (C=O) groups is 1. The third-order valence-corrected chi connectivity index (χ3v) is 3.96. The van der Waals surface area contributed by atoms with E-state index in [1.165, 1.54) is 23.5 Å². The number of nitrogens with one attached hydrogen (secondary N) is 2. The molecule has 2 atom stereocenters. The maximum atomic E-state index is 12.6. The van der Waals surface area contributed by atoms with Crippen LogP contribution in [0.15, 0.2) is 24.3 Å². The van der Waals surface area contributed by atoms with Crippen molar-refractivity contribution < 1.29 is 22.9 Å². The van der Waals surface area contributed by atoms with E-state index in [4.69, 9.17) is 0 Å². The summed E-state index contributed by atoms with van der Waals surface area (Å²) in [5.74, 6) is 0.899. The summed E-state index contributed by atoms with van der Waals surface area (Å²) in [6.45, 7) is 6.49. The number of quaternary nitrogens is 1. The van der Waals surface area contributed by atoms with Gasteiger partial charge >= 0.3 is 6.18 Å². The van der Waals surface area contributed by atoms with Crippen molar-refractivity contribution in [1.29, 1.82) is 0 Å². The highest BCUT2D eigenvalue weighted by Crippen LogP contribution is 2.30. The second-order valence-corrected chi connectivity index (χ2v) is 6.41. The van der Waals surface area contributed by atoms with E-state index in [0.717, 1.165) is 25.2 Å². The molecule has 0 unspecified atom stereocenters. The molecule has 1 amide bonds. The van der Waals surface area contributed by atoms with Crippen LogP contribution in [0.4, 0.5) is 18.9 Å². The largest absolute Gasteiger partial charge is 0.416 e. The van der Waals surface area contributed by atoms with Gasteiger partial charge in [-0.2, -0.15) is 13.2 Å². The Kier molecular flexibility index (Phi) is 5.11. The van der Waals surface area contributed by atoms with Gasteiger partial charge in [0.25, 0.3) is 5.91 Å². The Hall–Kier alpha value is -1.56. The maximum Gasteiger partial charge on any atom is 0.416 e. The van der Waals surface area contributed by atoms with Crippen LogP contribution in [-0.2, 0) is 11.0 Å². The summed E-state index contributed by atoms with van der Waals surface area (Å²) in [6.07, 6.45) is -3.23. The number of alkyl halides is 3. The van der Waals surface area contributed by atoms with Gasteiger partial charge in [0.2, 0.25) is 0 Å². The number of anilines is 1. The monoisotopic (exact) mass is 315 g/mol. The molecule has 1 aromatic rings. The molecule has 6 heteroatoms. The smallest absolute Gasteiger partial charge is 0.327 e. The van der Waals surface area contributed by atoms with Crippen LogP contribution in [-0.4, -0.2) is 25.5 Å². The van der Waals surface area contributed by atoms with Gasteiger partial charge in [0.1, 0.15) is 0 Å². The van der Waals surface area contributed by atoms with Crippen LogP contribution in [0.5, 0.6) is 0 Å². The summed E-state index contributed by atoms with van der Waals surface area (Å²) in [5, 5.41) is 2.57. The molecule has 122 valence electrons. The minimum absolute atomic E-state index is 0.192. The molecule has 1 aliphatic rings. The molecular weight excluding hydrogens is 293 g/mol. The van der Waals surface area contributed by atoms with Crippen molar-refractivity contribution in [3.63, 3.8) is 0 Å². The number of amides is 1. The van der Waals surface area contributed by atoms with Crippen LogP contribution in [0.25, 0.3) is 0 Å². The Morgan fingerprint density at radius 1 is 1.27 bits per heavy atom. The Labute approximate surface area is 128 Å². The minimum Gasteiger partial charge on any atom is -0.327 e. The molecule has 0 aliphatic carbocycles. The summed E-state index contributed by atoms with van der Waals surface area (Å²) in [4.78, 5) is 13.2. The number of likely N-dealkylation sites (tertiary alicyclic amines) is 1. The standard InChI is InChI=1S/C16H21F3N2O/c1-11-6-12(2)9-21(8-11)10-15(22)20-14-5-3-4-13(7-14)16(17,18)19/h3-5,7,11-12H,6,8-10H2,1-2H3,(H,20,22)/p+1/t11-,12-/m0/s1. The molecule has 2 rings (SSSR count). The van der Waals surface area contributed by atoms with Crippen LogP contribution in [0.3, 0.4) is 0 Å². The normalized spacial score (nSPS) is 25.8. The van der Waals surface area contributed by atoms with E-state index in [0.29, 0.717) is 18.4 Å². The van der Waals surface area contributed by atoms with Crippen molar-refractivity contribution in [2.45, 2.75) is 26.4 Å². The van der Waals surface area contributed by atoms with Gasteiger partial charge in [-0.25, -0.2) is 0 Å². The molecule has 1 heterocycles. The lowest BCUT2D eigenvalue weighted by atomic mass is 9.92. The zero-order valence-electron chi connectivity index (χ0n) is 12.8. The third kappa shape index (κ3) is 4.73.